The van der Waals surface area contributed by atoms with E-state index in [4.69, 9.17) is 11.6 Å². The van der Waals surface area contributed by atoms with E-state index in [2.05, 4.69) is 29.4 Å². The van der Waals surface area contributed by atoms with Crippen molar-refractivity contribution in [2.24, 2.45) is 0 Å². The number of carbonyl (C=O) groups is 1. The molecule has 0 fully saturated rings. The minimum atomic E-state index is -0.146. The molecule has 4 nitrogen and oxygen atoms in total. The lowest BCUT2D eigenvalue weighted by atomic mass is 10.2. The topological polar surface area (TPSA) is 44.4 Å². The van der Waals surface area contributed by atoms with Crippen LogP contribution in [0.5, 0.6) is 0 Å². The molecule has 0 aliphatic carbocycles. The molecule has 1 rings (SSSR count). The quantitative estimate of drug-likeness (QED) is 0.807. The second-order valence-corrected chi connectivity index (χ2v) is 4.70. The van der Waals surface area contributed by atoms with E-state index >= 15 is 0 Å². The molecule has 2 N–H and O–H groups in total. The molecule has 2 amide bonds. The van der Waals surface area contributed by atoms with Crippen LogP contribution in [-0.2, 0) is 6.54 Å². The summed E-state index contributed by atoms with van der Waals surface area (Å²) >= 11 is 5.88. The van der Waals surface area contributed by atoms with Gasteiger partial charge >= 0.3 is 6.03 Å². The summed E-state index contributed by atoms with van der Waals surface area (Å²) in [6.45, 7) is 8.24. The van der Waals surface area contributed by atoms with E-state index in [1.807, 2.05) is 24.3 Å². The molecule has 0 aliphatic rings. The minimum absolute atomic E-state index is 0.146. The number of urea groups is 1. The number of rotatable bonds is 7. The van der Waals surface area contributed by atoms with Gasteiger partial charge in [-0.3, -0.25) is 0 Å². The fraction of sp³-hybridized carbons (Fsp3) is 0.500. The largest absolute Gasteiger partial charge is 0.337 e. The standard InChI is InChI=1S/C14H22ClN3O/c1-3-18(4-2)9-8-16-14(19)17-11-12-6-5-7-13(15)10-12/h5-7,10H,3-4,8-9,11H2,1-2H3,(H2,16,17,19). The molecule has 1 aromatic carbocycles. The number of hydrogen-bond acceptors (Lipinski definition) is 2. The van der Waals surface area contributed by atoms with Gasteiger partial charge in [-0.1, -0.05) is 37.6 Å². The van der Waals surface area contributed by atoms with Crippen molar-refractivity contribution in [1.29, 1.82) is 0 Å². The van der Waals surface area contributed by atoms with Gasteiger partial charge in [0.2, 0.25) is 0 Å². The normalized spacial score (nSPS) is 10.5. The Morgan fingerprint density at radius 2 is 2.00 bits per heavy atom. The minimum Gasteiger partial charge on any atom is -0.337 e. The molecule has 5 heteroatoms. The predicted molar refractivity (Wildman–Crippen MR) is 79.5 cm³/mol. The van der Waals surface area contributed by atoms with Gasteiger partial charge in [0.05, 0.1) is 0 Å². The Balaban J connectivity index is 2.21. The van der Waals surface area contributed by atoms with Crippen LogP contribution in [0.2, 0.25) is 5.02 Å². The zero-order valence-corrected chi connectivity index (χ0v) is 12.3. The number of nitrogens with one attached hydrogen (secondary N) is 2. The smallest absolute Gasteiger partial charge is 0.315 e. The third-order valence-corrected chi connectivity index (χ3v) is 3.19. The summed E-state index contributed by atoms with van der Waals surface area (Å²) in [5.41, 5.74) is 0.992. The first-order valence-electron chi connectivity index (χ1n) is 6.64. The fourth-order valence-corrected chi connectivity index (χ4v) is 1.97. The average Bonchev–Trinajstić information content (AvgIpc) is 2.41. The first-order valence-corrected chi connectivity index (χ1v) is 7.02. The molecule has 0 saturated heterocycles. The molecule has 0 radical (unpaired) electrons. The van der Waals surface area contributed by atoms with Crippen LogP contribution < -0.4 is 10.6 Å². The van der Waals surface area contributed by atoms with Crippen molar-refractivity contribution in [2.45, 2.75) is 20.4 Å². The van der Waals surface area contributed by atoms with Crippen molar-refractivity contribution in [3.63, 3.8) is 0 Å². The zero-order chi connectivity index (χ0) is 14.1. The maximum atomic E-state index is 11.6. The van der Waals surface area contributed by atoms with Crippen LogP contribution in [0.3, 0.4) is 0 Å². The Bertz CT molecular complexity index is 394. The summed E-state index contributed by atoms with van der Waals surface area (Å²) in [7, 11) is 0. The van der Waals surface area contributed by atoms with Gasteiger partial charge in [0, 0.05) is 24.7 Å². The third kappa shape index (κ3) is 6.45. The van der Waals surface area contributed by atoms with E-state index < -0.39 is 0 Å². The summed E-state index contributed by atoms with van der Waals surface area (Å²) in [6.07, 6.45) is 0. The van der Waals surface area contributed by atoms with Gasteiger partial charge in [-0.15, -0.1) is 0 Å². The SMILES string of the molecule is CCN(CC)CCNC(=O)NCc1cccc(Cl)c1. The first-order chi connectivity index (χ1) is 9.15. The molecular formula is C14H22ClN3O. The van der Waals surface area contributed by atoms with Crippen LogP contribution in [-0.4, -0.2) is 37.1 Å². The monoisotopic (exact) mass is 283 g/mol. The van der Waals surface area contributed by atoms with Crippen LogP contribution in [0.25, 0.3) is 0 Å². The lowest BCUT2D eigenvalue weighted by molar-refractivity contribution is 0.236. The predicted octanol–water partition coefficient (Wildman–Crippen LogP) is 2.48. The Labute approximate surface area is 120 Å². The number of hydrogen-bond donors (Lipinski definition) is 2. The average molecular weight is 284 g/mol. The highest BCUT2D eigenvalue weighted by atomic mass is 35.5. The number of nitrogens with zero attached hydrogens (tertiary/aromatic N) is 1. The second kappa shape index (κ2) is 8.77. The number of benzene rings is 1. The van der Waals surface area contributed by atoms with Crippen molar-refractivity contribution in [1.82, 2.24) is 15.5 Å². The molecular weight excluding hydrogens is 262 g/mol. The maximum Gasteiger partial charge on any atom is 0.315 e. The molecule has 0 atom stereocenters. The fourth-order valence-electron chi connectivity index (χ4n) is 1.76. The summed E-state index contributed by atoms with van der Waals surface area (Å²) in [4.78, 5) is 13.8. The van der Waals surface area contributed by atoms with E-state index in [1.165, 1.54) is 0 Å². The van der Waals surface area contributed by atoms with Gasteiger partial charge in [0.15, 0.2) is 0 Å². The van der Waals surface area contributed by atoms with Crippen LogP contribution in [0.1, 0.15) is 19.4 Å². The first kappa shape index (κ1) is 15.8. The molecule has 0 bridgehead atoms. The summed E-state index contributed by atoms with van der Waals surface area (Å²) < 4.78 is 0. The van der Waals surface area contributed by atoms with E-state index in [-0.39, 0.29) is 6.03 Å². The van der Waals surface area contributed by atoms with Crippen LogP contribution in [0.4, 0.5) is 4.79 Å². The van der Waals surface area contributed by atoms with Gasteiger partial charge in [0.25, 0.3) is 0 Å². The summed E-state index contributed by atoms with van der Waals surface area (Å²) in [5, 5.41) is 6.33. The van der Waals surface area contributed by atoms with Crippen LogP contribution >= 0.6 is 11.6 Å². The maximum absolute atomic E-state index is 11.6. The Hall–Kier alpha value is -1.26. The number of halogens is 1. The molecule has 0 unspecified atom stereocenters. The zero-order valence-electron chi connectivity index (χ0n) is 11.6. The van der Waals surface area contributed by atoms with E-state index in [0.717, 1.165) is 25.2 Å². The Morgan fingerprint density at radius 1 is 1.26 bits per heavy atom. The molecule has 106 valence electrons. The lowest BCUT2D eigenvalue weighted by Gasteiger charge is -2.18. The van der Waals surface area contributed by atoms with Gasteiger partial charge < -0.3 is 15.5 Å². The molecule has 1 aromatic rings. The van der Waals surface area contributed by atoms with Crippen molar-refractivity contribution >= 4 is 17.6 Å². The Kier molecular flexibility index (Phi) is 7.30. The van der Waals surface area contributed by atoms with Crippen molar-refractivity contribution in [3.05, 3.63) is 34.9 Å². The summed E-state index contributed by atoms with van der Waals surface area (Å²) in [6, 6.07) is 7.32. The van der Waals surface area contributed by atoms with Crippen LogP contribution in [0, 0.1) is 0 Å². The summed E-state index contributed by atoms with van der Waals surface area (Å²) in [5.74, 6) is 0. The molecule has 0 spiro atoms. The van der Waals surface area contributed by atoms with Gasteiger partial charge in [0.1, 0.15) is 0 Å². The Morgan fingerprint density at radius 3 is 2.63 bits per heavy atom. The van der Waals surface area contributed by atoms with Gasteiger partial charge in [-0.25, -0.2) is 4.79 Å². The molecule has 0 aromatic heterocycles. The number of carbonyl (C=O) groups excluding carboxylic acids is 1. The number of likely N-dealkylation sites (N-methyl/N-ethyl adjacent to an activating group) is 1. The lowest BCUT2D eigenvalue weighted by Crippen LogP contribution is -2.40. The van der Waals surface area contributed by atoms with Gasteiger partial charge in [-0.05, 0) is 30.8 Å². The highest BCUT2D eigenvalue weighted by Crippen LogP contribution is 2.09. The molecule has 0 heterocycles. The second-order valence-electron chi connectivity index (χ2n) is 4.27. The molecule has 0 saturated carbocycles. The number of amides is 2. The van der Waals surface area contributed by atoms with E-state index in [0.29, 0.717) is 18.1 Å². The highest BCUT2D eigenvalue weighted by molar-refractivity contribution is 6.30. The molecule has 0 aliphatic heterocycles. The molecule has 19 heavy (non-hydrogen) atoms. The van der Waals surface area contributed by atoms with Gasteiger partial charge in [-0.2, -0.15) is 0 Å². The van der Waals surface area contributed by atoms with Crippen molar-refractivity contribution < 1.29 is 4.79 Å². The van der Waals surface area contributed by atoms with E-state index in [9.17, 15) is 4.79 Å². The van der Waals surface area contributed by atoms with Crippen LogP contribution in [0.15, 0.2) is 24.3 Å². The van der Waals surface area contributed by atoms with Crippen molar-refractivity contribution in [2.75, 3.05) is 26.2 Å². The van der Waals surface area contributed by atoms with E-state index in [1.54, 1.807) is 0 Å². The van der Waals surface area contributed by atoms with Crippen molar-refractivity contribution in [3.8, 4) is 0 Å². The third-order valence-electron chi connectivity index (χ3n) is 2.95. The highest BCUT2D eigenvalue weighted by Gasteiger charge is 2.02.